The first-order chi connectivity index (χ1) is 11.6. The molecular weight excluding hydrogens is 377 g/mol. The van der Waals surface area contributed by atoms with E-state index in [9.17, 15) is 9.18 Å². The van der Waals surface area contributed by atoms with Crippen molar-refractivity contribution < 1.29 is 18.7 Å². The highest BCUT2D eigenvalue weighted by Crippen LogP contribution is 2.30. The van der Waals surface area contributed by atoms with Crippen LogP contribution in [0.3, 0.4) is 0 Å². The van der Waals surface area contributed by atoms with Crippen LogP contribution < -0.4 is 14.8 Å². The van der Waals surface area contributed by atoms with Gasteiger partial charge in [-0.2, -0.15) is 0 Å². The summed E-state index contributed by atoms with van der Waals surface area (Å²) in [6.45, 7) is 0.745. The highest BCUT2D eigenvalue weighted by Gasteiger charge is 2.21. The van der Waals surface area contributed by atoms with Crippen LogP contribution in [0, 0.1) is 5.82 Å². The molecule has 0 aliphatic carbocycles. The van der Waals surface area contributed by atoms with Gasteiger partial charge in [0, 0.05) is 10.9 Å². The van der Waals surface area contributed by atoms with Crippen LogP contribution in [0.4, 0.5) is 4.39 Å². The third-order valence-electron chi connectivity index (χ3n) is 3.73. The first-order valence-electron chi connectivity index (χ1n) is 7.71. The van der Waals surface area contributed by atoms with Gasteiger partial charge in [0.25, 0.3) is 0 Å². The summed E-state index contributed by atoms with van der Waals surface area (Å²) in [7, 11) is 0. The fourth-order valence-electron chi connectivity index (χ4n) is 2.45. The van der Waals surface area contributed by atoms with Gasteiger partial charge in [-0.15, -0.1) is 0 Å². The number of rotatable bonds is 5. The molecule has 0 saturated heterocycles. The molecule has 1 aliphatic heterocycles. The predicted molar refractivity (Wildman–Crippen MR) is 91.8 cm³/mol. The van der Waals surface area contributed by atoms with E-state index in [4.69, 9.17) is 9.47 Å². The Morgan fingerprint density at radius 1 is 1.25 bits per heavy atom. The molecule has 126 valence electrons. The number of amides is 1. The first-order valence-corrected chi connectivity index (χ1v) is 8.50. The van der Waals surface area contributed by atoms with E-state index in [0.717, 1.165) is 0 Å². The number of benzene rings is 2. The molecule has 0 spiro atoms. The molecule has 0 aromatic heterocycles. The van der Waals surface area contributed by atoms with Crippen molar-refractivity contribution in [3.63, 3.8) is 0 Å². The number of hydrogen-bond acceptors (Lipinski definition) is 3. The number of halogens is 2. The molecule has 1 atom stereocenters. The number of hydrogen-bond donors (Lipinski definition) is 1. The van der Waals surface area contributed by atoms with Gasteiger partial charge in [0.15, 0.2) is 11.5 Å². The van der Waals surface area contributed by atoms with Crippen molar-refractivity contribution in [3.8, 4) is 11.5 Å². The Hall–Kier alpha value is -2.08. The van der Waals surface area contributed by atoms with Gasteiger partial charge in [0.1, 0.15) is 18.5 Å². The predicted octanol–water partition coefficient (Wildman–Crippen LogP) is 3.48. The van der Waals surface area contributed by atoms with Crippen molar-refractivity contribution >= 4 is 21.8 Å². The van der Waals surface area contributed by atoms with E-state index in [2.05, 4.69) is 21.2 Å². The number of aryl methyl sites for hydroxylation is 1. The van der Waals surface area contributed by atoms with Gasteiger partial charge in [-0.1, -0.05) is 34.1 Å². The molecule has 3 rings (SSSR count). The number of ether oxygens (including phenoxy) is 2. The normalized spacial score (nSPS) is 15.8. The zero-order valence-electron chi connectivity index (χ0n) is 12.9. The van der Waals surface area contributed by atoms with E-state index < -0.39 is 0 Å². The second-order valence-corrected chi connectivity index (χ2v) is 6.45. The topological polar surface area (TPSA) is 47.6 Å². The highest BCUT2D eigenvalue weighted by atomic mass is 79.9. The second kappa shape index (κ2) is 7.66. The summed E-state index contributed by atoms with van der Waals surface area (Å²) in [5.74, 6) is 0.947. The molecular formula is C18H17BrFNO3. The fourth-order valence-corrected chi connectivity index (χ4v) is 2.79. The van der Waals surface area contributed by atoms with Gasteiger partial charge in [0.2, 0.25) is 5.91 Å². The highest BCUT2D eigenvalue weighted by molar-refractivity contribution is 9.10. The van der Waals surface area contributed by atoms with E-state index in [1.165, 1.54) is 6.07 Å². The van der Waals surface area contributed by atoms with Gasteiger partial charge < -0.3 is 14.8 Å². The molecule has 4 nitrogen and oxygen atoms in total. The van der Waals surface area contributed by atoms with Gasteiger partial charge in [-0.05, 0) is 36.2 Å². The molecule has 0 bridgehead atoms. The molecule has 0 saturated carbocycles. The third kappa shape index (κ3) is 4.26. The SMILES string of the molecule is O=C(CCc1ccc(Br)cc1F)NCC1COc2ccccc2O1. The number of carbonyl (C=O) groups excluding carboxylic acids is 1. The molecule has 1 amide bonds. The molecule has 1 N–H and O–H groups in total. The lowest BCUT2D eigenvalue weighted by atomic mass is 10.1. The summed E-state index contributed by atoms with van der Waals surface area (Å²) in [5.41, 5.74) is 0.527. The lowest BCUT2D eigenvalue weighted by molar-refractivity contribution is -0.121. The van der Waals surface area contributed by atoms with Crippen LogP contribution in [0.25, 0.3) is 0 Å². The van der Waals surface area contributed by atoms with Crippen LogP contribution in [-0.2, 0) is 11.2 Å². The van der Waals surface area contributed by atoms with E-state index in [1.807, 2.05) is 24.3 Å². The Morgan fingerprint density at radius 2 is 2.04 bits per heavy atom. The average Bonchev–Trinajstić information content (AvgIpc) is 2.59. The maximum absolute atomic E-state index is 13.7. The van der Waals surface area contributed by atoms with Crippen LogP contribution in [0.5, 0.6) is 11.5 Å². The van der Waals surface area contributed by atoms with Crippen LogP contribution in [0.15, 0.2) is 46.9 Å². The summed E-state index contributed by atoms with van der Waals surface area (Å²) in [4.78, 5) is 11.9. The molecule has 0 radical (unpaired) electrons. The third-order valence-corrected chi connectivity index (χ3v) is 4.22. The summed E-state index contributed by atoms with van der Waals surface area (Å²) < 4.78 is 25.8. The van der Waals surface area contributed by atoms with Crippen molar-refractivity contribution in [2.75, 3.05) is 13.2 Å². The largest absolute Gasteiger partial charge is 0.486 e. The number of para-hydroxylation sites is 2. The molecule has 6 heteroatoms. The van der Waals surface area contributed by atoms with Crippen molar-refractivity contribution in [1.29, 1.82) is 0 Å². The van der Waals surface area contributed by atoms with Gasteiger partial charge in [-0.25, -0.2) is 4.39 Å². The summed E-state index contributed by atoms with van der Waals surface area (Å²) in [5, 5.41) is 2.81. The van der Waals surface area contributed by atoms with E-state index >= 15 is 0 Å². The van der Waals surface area contributed by atoms with Crippen LogP contribution >= 0.6 is 15.9 Å². The minimum absolute atomic E-state index is 0.139. The minimum Gasteiger partial charge on any atom is -0.486 e. The Kier molecular flexibility index (Phi) is 5.35. The molecule has 2 aromatic carbocycles. The summed E-state index contributed by atoms with van der Waals surface area (Å²) in [6, 6.07) is 12.3. The fraction of sp³-hybridized carbons (Fsp3) is 0.278. The maximum Gasteiger partial charge on any atom is 0.220 e. The van der Waals surface area contributed by atoms with E-state index in [1.54, 1.807) is 12.1 Å². The van der Waals surface area contributed by atoms with Crippen molar-refractivity contribution in [2.45, 2.75) is 18.9 Å². The molecule has 2 aromatic rings. The minimum atomic E-state index is -0.308. The van der Waals surface area contributed by atoms with Gasteiger partial charge >= 0.3 is 0 Å². The standard InChI is InChI=1S/C18H17BrFNO3/c19-13-7-5-12(15(20)9-13)6-8-18(22)21-10-14-11-23-16-3-1-2-4-17(16)24-14/h1-5,7,9,14H,6,8,10-11H2,(H,21,22). The Morgan fingerprint density at radius 3 is 2.83 bits per heavy atom. The lowest BCUT2D eigenvalue weighted by Gasteiger charge is -2.26. The molecule has 1 unspecified atom stereocenters. The Bertz CT molecular complexity index is 738. The number of fused-ring (bicyclic) bond motifs is 1. The second-order valence-electron chi connectivity index (χ2n) is 5.54. The van der Waals surface area contributed by atoms with Crippen molar-refractivity contribution in [1.82, 2.24) is 5.32 Å². The first kappa shape index (κ1) is 16.8. The number of nitrogens with one attached hydrogen (secondary N) is 1. The van der Waals surface area contributed by atoms with Crippen molar-refractivity contribution in [3.05, 3.63) is 58.3 Å². The molecule has 1 aliphatic rings. The average molecular weight is 394 g/mol. The maximum atomic E-state index is 13.7. The van der Waals surface area contributed by atoms with Gasteiger partial charge in [-0.3, -0.25) is 4.79 Å². The van der Waals surface area contributed by atoms with E-state index in [-0.39, 0.29) is 24.2 Å². The molecule has 0 fully saturated rings. The van der Waals surface area contributed by atoms with E-state index in [0.29, 0.717) is 41.1 Å². The monoisotopic (exact) mass is 393 g/mol. The Labute approximate surface area is 148 Å². The van der Waals surface area contributed by atoms with Crippen LogP contribution in [0.1, 0.15) is 12.0 Å². The zero-order chi connectivity index (χ0) is 16.9. The van der Waals surface area contributed by atoms with Crippen LogP contribution in [0.2, 0.25) is 0 Å². The quantitative estimate of drug-likeness (QED) is 0.845. The van der Waals surface area contributed by atoms with Gasteiger partial charge in [0.05, 0.1) is 6.54 Å². The van der Waals surface area contributed by atoms with Crippen LogP contribution in [-0.4, -0.2) is 25.2 Å². The summed E-state index contributed by atoms with van der Waals surface area (Å²) in [6.07, 6.45) is 0.353. The Balaban J connectivity index is 1.45. The lowest BCUT2D eigenvalue weighted by Crippen LogP contribution is -2.40. The summed E-state index contributed by atoms with van der Waals surface area (Å²) >= 11 is 3.21. The molecule has 24 heavy (non-hydrogen) atoms. The smallest absolute Gasteiger partial charge is 0.220 e. The van der Waals surface area contributed by atoms with Crippen molar-refractivity contribution in [2.24, 2.45) is 0 Å². The number of carbonyl (C=O) groups is 1. The molecule has 1 heterocycles. The zero-order valence-corrected chi connectivity index (χ0v) is 14.5.